The van der Waals surface area contributed by atoms with Crippen LogP contribution in [0.25, 0.3) is 11.0 Å². The summed E-state index contributed by atoms with van der Waals surface area (Å²) in [6, 6.07) is 11.9. The Hall–Kier alpha value is -3.52. The first kappa shape index (κ1) is 19.4. The van der Waals surface area contributed by atoms with Gasteiger partial charge in [-0.15, -0.1) is 0 Å². The van der Waals surface area contributed by atoms with E-state index in [1.165, 1.54) is 0 Å². The molecule has 8 heteroatoms. The number of aliphatic hydroxyl groups excluding tert-OH is 1. The number of furan rings is 1. The van der Waals surface area contributed by atoms with Gasteiger partial charge in [-0.1, -0.05) is 12.1 Å². The monoisotopic (exact) mass is 422 g/mol. The normalized spacial score (nSPS) is 20.1. The van der Waals surface area contributed by atoms with Crippen molar-refractivity contribution in [3.8, 4) is 11.5 Å². The number of piperidine rings is 1. The molecule has 2 aromatic carbocycles. The van der Waals surface area contributed by atoms with Crippen LogP contribution < -0.4 is 14.8 Å². The molecular weight excluding hydrogens is 400 g/mol. The highest BCUT2D eigenvalue weighted by Crippen LogP contribution is 2.32. The van der Waals surface area contributed by atoms with E-state index in [-0.39, 0.29) is 31.2 Å². The minimum Gasteiger partial charge on any atom is -0.461 e. The van der Waals surface area contributed by atoms with Gasteiger partial charge in [-0.25, -0.2) is 0 Å². The lowest BCUT2D eigenvalue weighted by Crippen LogP contribution is -2.54. The number of likely N-dealkylation sites (tertiary alicyclic amines) is 1. The number of nitrogens with one attached hydrogen (secondary N) is 1. The summed E-state index contributed by atoms with van der Waals surface area (Å²) in [6.07, 6.45) is -0.373. The first-order chi connectivity index (χ1) is 15.0. The molecule has 0 bridgehead atoms. The fourth-order valence-electron chi connectivity index (χ4n) is 4.18. The Labute approximate surface area is 178 Å². The summed E-state index contributed by atoms with van der Waals surface area (Å²) in [5, 5.41) is 14.1. The number of rotatable bonds is 3. The number of ether oxygens (including phenoxy) is 2. The van der Waals surface area contributed by atoms with Crippen molar-refractivity contribution in [3.63, 3.8) is 0 Å². The number of β-amino-alcohol motifs (C(OH)–C–C–N with tert-alkyl or cyclic N) is 1. The third kappa shape index (κ3) is 3.70. The molecule has 5 rings (SSSR count). The van der Waals surface area contributed by atoms with Crippen LogP contribution in [0.2, 0.25) is 0 Å². The second-order valence-electron chi connectivity index (χ2n) is 7.92. The molecule has 2 aliphatic rings. The SMILES string of the molecule is Cc1cc2cccc(C(=O)N3C[C@H](O)C[C@H](NC(=O)c4ccc5c(c4)OCO5)C3)c2o1. The van der Waals surface area contributed by atoms with E-state index in [4.69, 9.17) is 13.9 Å². The van der Waals surface area contributed by atoms with Gasteiger partial charge in [0.2, 0.25) is 6.79 Å². The molecule has 3 heterocycles. The molecule has 1 fully saturated rings. The Morgan fingerprint density at radius 2 is 1.94 bits per heavy atom. The van der Waals surface area contributed by atoms with Crippen molar-refractivity contribution in [2.75, 3.05) is 19.9 Å². The number of hydrogen-bond acceptors (Lipinski definition) is 6. The number of amides is 2. The van der Waals surface area contributed by atoms with Crippen LogP contribution in [-0.4, -0.2) is 53.8 Å². The van der Waals surface area contributed by atoms with Crippen molar-refractivity contribution >= 4 is 22.8 Å². The van der Waals surface area contributed by atoms with Crippen molar-refractivity contribution in [2.45, 2.75) is 25.5 Å². The van der Waals surface area contributed by atoms with E-state index < -0.39 is 6.10 Å². The highest BCUT2D eigenvalue weighted by Gasteiger charge is 2.32. The van der Waals surface area contributed by atoms with E-state index >= 15 is 0 Å². The van der Waals surface area contributed by atoms with Crippen LogP contribution in [0.1, 0.15) is 32.9 Å². The van der Waals surface area contributed by atoms with Gasteiger partial charge in [0.15, 0.2) is 11.5 Å². The predicted molar refractivity (Wildman–Crippen MR) is 111 cm³/mol. The predicted octanol–water partition coefficient (Wildman–Crippen LogP) is 2.48. The summed E-state index contributed by atoms with van der Waals surface area (Å²) in [6.45, 7) is 2.46. The standard InChI is InChI=1S/C23H22N2O6/c1-13-7-14-3-2-4-18(21(14)31-13)23(28)25-10-16(9-17(26)11-25)24-22(27)15-5-6-19-20(8-15)30-12-29-19/h2-8,16-17,26H,9-12H2,1H3,(H,24,27)/t16-,17+/m0/s1. The third-order valence-corrected chi connectivity index (χ3v) is 5.58. The average molecular weight is 422 g/mol. The smallest absolute Gasteiger partial charge is 0.257 e. The van der Waals surface area contributed by atoms with Gasteiger partial charge in [0.25, 0.3) is 11.8 Å². The quantitative estimate of drug-likeness (QED) is 0.673. The number of benzene rings is 2. The lowest BCUT2D eigenvalue weighted by atomic mass is 10.0. The summed E-state index contributed by atoms with van der Waals surface area (Å²) in [5.74, 6) is 1.32. The minimum atomic E-state index is -0.739. The van der Waals surface area contributed by atoms with Gasteiger partial charge in [0.05, 0.1) is 11.7 Å². The van der Waals surface area contributed by atoms with Gasteiger partial charge in [-0.05, 0) is 43.7 Å². The summed E-state index contributed by atoms with van der Waals surface area (Å²) >= 11 is 0. The summed E-state index contributed by atoms with van der Waals surface area (Å²) < 4.78 is 16.3. The van der Waals surface area contributed by atoms with Gasteiger partial charge in [0.1, 0.15) is 11.3 Å². The zero-order valence-corrected chi connectivity index (χ0v) is 17.0. The molecule has 2 N–H and O–H groups in total. The second-order valence-corrected chi connectivity index (χ2v) is 7.92. The van der Waals surface area contributed by atoms with Crippen LogP contribution in [-0.2, 0) is 0 Å². The lowest BCUT2D eigenvalue weighted by Gasteiger charge is -2.36. The molecule has 160 valence electrons. The largest absolute Gasteiger partial charge is 0.461 e. The van der Waals surface area contributed by atoms with Gasteiger partial charge < -0.3 is 29.2 Å². The molecular formula is C23H22N2O6. The van der Waals surface area contributed by atoms with Crippen molar-refractivity contribution in [1.29, 1.82) is 0 Å². The molecule has 1 aromatic heterocycles. The van der Waals surface area contributed by atoms with E-state index in [9.17, 15) is 14.7 Å². The second kappa shape index (κ2) is 7.63. The molecule has 2 atom stereocenters. The molecule has 0 spiro atoms. The maximum absolute atomic E-state index is 13.2. The van der Waals surface area contributed by atoms with Gasteiger partial charge in [-0.2, -0.15) is 0 Å². The maximum Gasteiger partial charge on any atom is 0.257 e. The Morgan fingerprint density at radius 1 is 1.10 bits per heavy atom. The van der Waals surface area contributed by atoms with Crippen LogP contribution in [0.15, 0.2) is 46.9 Å². The molecule has 0 unspecified atom stereocenters. The number of carbonyl (C=O) groups is 2. The van der Waals surface area contributed by atoms with Crippen molar-refractivity contribution < 1.29 is 28.6 Å². The first-order valence-electron chi connectivity index (χ1n) is 10.1. The molecule has 2 amide bonds. The number of nitrogens with zero attached hydrogens (tertiary/aromatic N) is 1. The Balaban J connectivity index is 1.32. The van der Waals surface area contributed by atoms with Gasteiger partial charge >= 0.3 is 0 Å². The Bertz CT molecular complexity index is 1170. The molecule has 2 aliphatic heterocycles. The van der Waals surface area contributed by atoms with Crippen LogP contribution in [0.4, 0.5) is 0 Å². The van der Waals surface area contributed by atoms with Crippen molar-refractivity contribution in [3.05, 3.63) is 59.4 Å². The fraction of sp³-hybridized carbons (Fsp3) is 0.304. The topological polar surface area (TPSA) is 101 Å². The molecule has 0 radical (unpaired) electrons. The van der Waals surface area contributed by atoms with Crippen LogP contribution >= 0.6 is 0 Å². The Morgan fingerprint density at radius 3 is 2.81 bits per heavy atom. The number of fused-ring (bicyclic) bond motifs is 2. The van der Waals surface area contributed by atoms with E-state index in [1.807, 2.05) is 25.1 Å². The summed E-state index contributed by atoms with van der Waals surface area (Å²) in [4.78, 5) is 27.5. The van der Waals surface area contributed by atoms with E-state index in [2.05, 4.69) is 5.32 Å². The van der Waals surface area contributed by atoms with E-state index in [0.29, 0.717) is 41.2 Å². The van der Waals surface area contributed by atoms with Crippen molar-refractivity contribution in [2.24, 2.45) is 0 Å². The first-order valence-corrected chi connectivity index (χ1v) is 10.1. The summed E-state index contributed by atoms with van der Waals surface area (Å²) in [5.41, 5.74) is 1.41. The number of hydrogen-bond donors (Lipinski definition) is 2. The summed E-state index contributed by atoms with van der Waals surface area (Å²) in [7, 11) is 0. The zero-order chi connectivity index (χ0) is 21.5. The average Bonchev–Trinajstić information content (AvgIpc) is 3.37. The van der Waals surface area contributed by atoms with Crippen LogP contribution in [0, 0.1) is 6.92 Å². The van der Waals surface area contributed by atoms with E-state index in [0.717, 1.165) is 11.1 Å². The van der Waals surface area contributed by atoms with Gasteiger partial charge in [0, 0.05) is 30.1 Å². The Kier molecular flexibility index (Phi) is 4.78. The number of aliphatic hydroxyl groups is 1. The highest BCUT2D eigenvalue weighted by molar-refractivity contribution is 6.05. The number of para-hydroxylation sites is 1. The van der Waals surface area contributed by atoms with Crippen LogP contribution in [0.5, 0.6) is 11.5 Å². The number of aryl methyl sites for hydroxylation is 1. The molecule has 8 nitrogen and oxygen atoms in total. The zero-order valence-electron chi connectivity index (χ0n) is 17.0. The van der Waals surface area contributed by atoms with Crippen molar-refractivity contribution in [1.82, 2.24) is 10.2 Å². The fourth-order valence-corrected chi connectivity index (χ4v) is 4.18. The van der Waals surface area contributed by atoms with Crippen LogP contribution in [0.3, 0.4) is 0 Å². The molecule has 1 saturated heterocycles. The maximum atomic E-state index is 13.2. The molecule has 31 heavy (non-hydrogen) atoms. The molecule has 0 aliphatic carbocycles. The lowest BCUT2D eigenvalue weighted by molar-refractivity contribution is 0.0371. The number of carbonyl (C=O) groups excluding carboxylic acids is 2. The highest BCUT2D eigenvalue weighted by atomic mass is 16.7. The third-order valence-electron chi connectivity index (χ3n) is 5.58. The molecule has 3 aromatic rings. The van der Waals surface area contributed by atoms with Gasteiger partial charge in [-0.3, -0.25) is 9.59 Å². The minimum absolute atomic E-state index is 0.133. The van der Waals surface area contributed by atoms with E-state index in [1.54, 1.807) is 29.2 Å². The molecule has 0 saturated carbocycles.